The number of hydrogen-bond donors (Lipinski definition) is 1. The second-order valence-corrected chi connectivity index (χ2v) is 6.66. The van der Waals surface area contributed by atoms with Gasteiger partial charge in [-0.3, -0.25) is 4.72 Å². The van der Waals surface area contributed by atoms with E-state index in [0.29, 0.717) is 17.7 Å². The van der Waals surface area contributed by atoms with Crippen molar-refractivity contribution in [1.82, 2.24) is 4.98 Å². The Morgan fingerprint density at radius 3 is 2.77 bits per heavy atom. The lowest BCUT2D eigenvalue weighted by atomic mass is 9.98. The van der Waals surface area contributed by atoms with Crippen LogP contribution in [0.2, 0.25) is 0 Å². The second kappa shape index (κ2) is 5.62. The fourth-order valence-corrected chi connectivity index (χ4v) is 3.59. The first-order valence-corrected chi connectivity index (χ1v) is 8.25. The van der Waals surface area contributed by atoms with Gasteiger partial charge in [-0.15, -0.1) is 0 Å². The molecule has 0 fully saturated rings. The molecule has 3 rings (SSSR count). The zero-order valence-electron chi connectivity index (χ0n) is 11.7. The Labute approximate surface area is 129 Å². The highest BCUT2D eigenvalue weighted by atomic mass is 32.2. The molecule has 22 heavy (non-hydrogen) atoms. The summed E-state index contributed by atoms with van der Waals surface area (Å²) in [6.45, 7) is 0. The van der Waals surface area contributed by atoms with E-state index in [9.17, 15) is 8.42 Å². The Morgan fingerprint density at radius 2 is 1.95 bits per heavy atom. The molecule has 5 nitrogen and oxygen atoms in total. The van der Waals surface area contributed by atoms with E-state index in [1.807, 2.05) is 30.3 Å². The first-order chi connectivity index (χ1) is 10.6. The molecule has 0 spiro atoms. The van der Waals surface area contributed by atoms with Gasteiger partial charge in [0.05, 0.1) is 10.5 Å². The third-order valence-corrected chi connectivity index (χ3v) is 4.99. The van der Waals surface area contributed by atoms with E-state index in [1.165, 1.54) is 12.3 Å². The van der Waals surface area contributed by atoms with Crippen LogP contribution in [0.1, 0.15) is 23.1 Å². The number of allylic oxidation sites excluding steroid dienone is 1. The third-order valence-electron chi connectivity index (χ3n) is 3.52. The van der Waals surface area contributed by atoms with Crippen LogP contribution in [0.4, 0.5) is 5.82 Å². The summed E-state index contributed by atoms with van der Waals surface area (Å²) in [5.41, 5.74) is 2.25. The number of aromatic nitrogens is 1. The van der Waals surface area contributed by atoms with E-state index in [4.69, 9.17) is 5.26 Å². The van der Waals surface area contributed by atoms with Gasteiger partial charge in [0.15, 0.2) is 5.82 Å². The molecule has 0 saturated carbocycles. The summed E-state index contributed by atoms with van der Waals surface area (Å²) in [4.78, 5) is 4.24. The third kappa shape index (κ3) is 2.71. The fraction of sp³-hybridized carbons (Fsp3) is 0.125. The molecule has 0 saturated heterocycles. The predicted octanol–water partition coefficient (Wildman–Crippen LogP) is 2.68. The van der Waals surface area contributed by atoms with Gasteiger partial charge in [-0.1, -0.05) is 24.3 Å². The molecule has 1 N–H and O–H groups in total. The van der Waals surface area contributed by atoms with Crippen LogP contribution < -0.4 is 4.72 Å². The molecule has 0 unspecified atom stereocenters. The van der Waals surface area contributed by atoms with Crippen LogP contribution in [0.3, 0.4) is 0 Å². The number of pyridine rings is 1. The number of benzene rings is 1. The maximum Gasteiger partial charge on any atom is 0.259 e. The van der Waals surface area contributed by atoms with Crippen LogP contribution in [-0.2, 0) is 16.4 Å². The zero-order valence-corrected chi connectivity index (χ0v) is 12.5. The van der Waals surface area contributed by atoms with Gasteiger partial charge < -0.3 is 0 Å². The number of fused-ring (bicyclic) bond motifs is 1. The van der Waals surface area contributed by atoms with Crippen LogP contribution in [-0.4, -0.2) is 13.4 Å². The minimum atomic E-state index is -3.71. The average Bonchev–Trinajstić information content (AvgIpc) is 2.54. The van der Waals surface area contributed by atoms with Crippen molar-refractivity contribution in [2.24, 2.45) is 0 Å². The normalized spacial score (nSPS) is 13.7. The van der Waals surface area contributed by atoms with Gasteiger partial charge in [0, 0.05) is 6.20 Å². The summed E-state index contributed by atoms with van der Waals surface area (Å²) in [6, 6.07) is 12.8. The summed E-state index contributed by atoms with van der Waals surface area (Å²) < 4.78 is 27.4. The van der Waals surface area contributed by atoms with Crippen LogP contribution in [0, 0.1) is 11.3 Å². The van der Waals surface area contributed by atoms with Crippen molar-refractivity contribution in [3.63, 3.8) is 0 Å². The summed E-state index contributed by atoms with van der Waals surface area (Å²) in [5.74, 6) is 0.0600. The maximum absolute atomic E-state index is 12.5. The molecule has 110 valence electrons. The van der Waals surface area contributed by atoms with Crippen molar-refractivity contribution in [3.8, 4) is 6.07 Å². The number of nitrogens with one attached hydrogen (secondary N) is 1. The lowest BCUT2D eigenvalue weighted by Crippen LogP contribution is -2.18. The molecule has 0 radical (unpaired) electrons. The molecule has 0 aliphatic heterocycles. The number of nitriles is 1. The first-order valence-electron chi connectivity index (χ1n) is 6.76. The highest BCUT2D eigenvalue weighted by molar-refractivity contribution is 7.96. The Bertz CT molecular complexity index is 896. The number of anilines is 1. The van der Waals surface area contributed by atoms with E-state index < -0.39 is 10.0 Å². The Kier molecular flexibility index (Phi) is 3.65. The molecule has 1 aromatic carbocycles. The number of hydrogen-bond acceptors (Lipinski definition) is 4. The SMILES string of the molecule is N#Cc1cccnc1NS(=O)(=O)C1=Cc2ccccc2CC1. The van der Waals surface area contributed by atoms with Gasteiger partial charge >= 0.3 is 0 Å². The van der Waals surface area contributed by atoms with Crippen molar-refractivity contribution in [2.45, 2.75) is 12.8 Å². The highest BCUT2D eigenvalue weighted by Crippen LogP contribution is 2.28. The first kappa shape index (κ1) is 14.3. The summed E-state index contributed by atoms with van der Waals surface area (Å²) >= 11 is 0. The molecule has 1 aliphatic rings. The molecular formula is C16H13N3O2S. The molecule has 0 bridgehead atoms. The van der Waals surface area contributed by atoms with Gasteiger partial charge in [0.2, 0.25) is 0 Å². The summed E-state index contributed by atoms with van der Waals surface area (Å²) in [6.07, 6.45) is 4.23. The van der Waals surface area contributed by atoms with Crippen molar-refractivity contribution in [3.05, 3.63) is 64.2 Å². The fourth-order valence-electron chi connectivity index (χ4n) is 2.39. The van der Waals surface area contributed by atoms with E-state index >= 15 is 0 Å². The van der Waals surface area contributed by atoms with Gasteiger partial charge in [-0.2, -0.15) is 5.26 Å². The van der Waals surface area contributed by atoms with E-state index in [0.717, 1.165) is 11.1 Å². The lowest BCUT2D eigenvalue weighted by molar-refractivity contribution is 0.605. The Hall–Kier alpha value is -2.65. The molecule has 0 atom stereocenters. The monoisotopic (exact) mass is 311 g/mol. The lowest BCUT2D eigenvalue weighted by Gasteiger charge is -2.17. The maximum atomic E-state index is 12.5. The Balaban J connectivity index is 1.95. The van der Waals surface area contributed by atoms with Gasteiger partial charge in [-0.05, 0) is 42.2 Å². The van der Waals surface area contributed by atoms with Crippen LogP contribution in [0.15, 0.2) is 47.5 Å². The van der Waals surface area contributed by atoms with Crippen molar-refractivity contribution >= 4 is 21.9 Å². The number of aryl methyl sites for hydroxylation is 1. The van der Waals surface area contributed by atoms with Gasteiger partial charge in [0.1, 0.15) is 6.07 Å². The minimum Gasteiger partial charge on any atom is -0.263 e. The molecule has 2 aromatic rings. The topological polar surface area (TPSA) is 82.8 Å². The van der Waals surface area contributed by atoms with E-state index in [-0.39, 0.29) is 11.4 Å². The molecule has 6 heteroatoms. The summed E-state index contributed by atoms with van der Waals surface area (Å²) in [5, 5.41) is 9.02. The minimum absolute atomic E-state index is 0.0600. The van der Waals surface area contributed by atoms with Crippen LogP contribution in [0.5, 0.6) is 0 Å². The average molecular weight is 311 g/mol. The van der Waals surface area contributed by atoms with Crippen LogP contribution in [0.25, 0.3) is 6.08 Å². The molecule has 1 aliphatic carbocycles. The molecule has 0 amide bonds. The second-order valence-electron chi connectivity index (χ2n) is 4.93. The zero-order chi connectivity index (χ0) is 15.6. The largest absolute Gasteiger partial charge is 0.263 e. The summed E-state index contributed by atoms with van der Waals surface area (Å²) in [7, 11) is -3.71. The molecule has 1 heterocycles. The van der Waals surface area contributed by atoms with Crippen molar-refractivity contribution in [2.75, 3.05) is 4.72 Å². The predicted molar refractivity (Wildman–Crippen MR) is 84.2 cm³/mol. The number of rotatable bonds is 3. The molecule has 1 aromatic heterocycles. The molecular weight excluding hydrogens is 298 g/mol. The van der Waals surface area contributed by atoms with Crippen LogP contribution >= 0.6 is 0 Å². The smallest absolute Gasteiger partial charge is 0.259 e. The van der Waals surface area contributed by atoms with Crippen molar-refractivity contribution in [1.29, 1.82) is 5.26 Å². The number of sulfonamides is 1. The quantitative estimate of drug-likeness (QED) is 0.944. The van der Waals surface area contributed by atoms with E-state index in [1.54, 1.807) is 12.1 Å². The number of nitrogens with zero attached hydrogens (tertiary/aromatic N) is 2. The highest BCUT2D eigenvalue weighted by Gasteiger charge is 2.23. The van der Waals surface area contributed by atoms with Gasteiger partial charge in [0.25, 0.3) is 10.0 Å². The van der Waals surface area contributed by atoms with E-state index in [2.05, 4.69) is 9.71 Å². The van der Waals surface area contributed by atoms with Crippen molar-refractivity contribution < 1.29 is 8.42 Å². The van der Waals surface area contributed by atoms with Gasteiger partial charge in [-0.25, -0.2) is 13.4 Å². The standard InChI is InChI=1S/C16H13N3O2S/c17-11-14-6-3-9-18-16(14)19-22(20,21)15-8-7-12-4-1-2-5-13(12)10-15/h1-6,9-10H,7-8H2,(H,18,19). The Morgan fingerprint density at radius 1 is 1.14 bits per heavy atom.